The largest absolute Gasteiger partial charge is 0.480 e. The Hall–Kier alpha value is -1.90. The Labute approximate surface area is 143 Å². The highest BCUT2D eigenvalue weighted by atomic mass is 31.2. The second kappa shape index (κ2) is 7.33. The molecule has 0 saturated heterocycles. The number of rotatable bonds is 4. The zero-order chi connectivity index (χ0) is 17.0. The predicted octanol–water partition coefficient (Wildman–Crippen LogP) is 2.75. The third kappa shape index (κ3) is 3.17. The number of aliphatic imine (C=N–C) groups is 1. The molecule has 5 heteroatoms. The van der Waals surface area contributed by atoms with Crippen LogP contribution in [0.1, 0.15) is 13.8 Å². The van der Waals surface area contributed by atoms with Gasteiger partial charge in [0.25, 0.3) is 0 Å². The van der Waals surface area contributed by atoms with Gasteiger partial charge < -0.3 is 14.6 Å². The second-order valence-corrected chi connectivity index (χ2v) is 8.78. The number of benzene rings is 2. The van der Waals surface area contributed by atoms with Crippen molar-refractivity contribution in [1.29, 1.82) is 0 Å². The molecule has 1 aliphatic rings. The quantitative estimate of drug-likeness (QED) is 0.870. The molecule has 0 radical (unpaired) electrons. The molecule has 24 heavy (non-hydrogen) atoms. The normalized spacial score (nSPS) is 21.2. The summed E-state index contributed by atoms with van der Waals surface area (Å²) in [6.45, 7) is 5.07. The van der Waals surface area contributed by atoms with E-state index in [1.165, 1.54) is 0 Å². The van der Waals surface area contributed by atoms with Crippen LogP contribution in [0.5, 0.6) is 0 Å². The lowest BCUT2D eigenvalue weighted by Gasteiger charge is -2.32. The van der Waals surface area contributed by atoms with E-state index < -0.39 is 7.14 Å². The monoisotopic (exact) mass is 342 g/mol. The fourth-order valence-corrected chi connectivity index (χ4v) is 5.84. The lowest BCUT2D eigenvalue weighted by atomic mass is 10.3. The first-order valence-electron chi connectivity index (χ1n) is 8.31. The van der Waals surface area contributed by atoms with Gasteiger partial charge in [0.05, 0.1) is 12.6 Å². The van der Waals surface area contributed by atoms with Gasteiger partial charge in [-0.25, -0.2) is 4.99 Å². The highest BCUT2D eigenvalue weighted by Gasteiger charge is 2.39. The SMILES string of the molecule is CCOC1=N[C@H](P(=O)(c2ccccc2)c2ccccc2)CNC1C. The van der Waals surface area contributed by atoms with Crippen LogP contribution >= 0.6 is 7.14 Å². The van der Waals surface area contributed by atoms with Crippen LogP contribution in [0, 0.1) is 0 Å². The van der Waals surface area contributed by atoms with Gasteiger partial charge in [0.15, 0.2) is 7.14 Å². The molecule has 1 heterocycles. The molecule has 1 unspecified atom stereocenters. The number of hydrogen-bond donors (Lipinski definition) is 1. The van der Waals surface area contributed by atoms with Crippen molar-refractivity contribution >= 4 is 23.6 Å². The average molecular weight is 342 g/mol. The molecule has 3 rings (SSSR count). The standard InChI is InChI=1S/C19H23N2O2P/c1-3-23-19-15(2)20-14-18(21-19)24(22,16-10-6-4-7-11-16)17-12-8-5-9-13-17/h4-13,15,18,20H,3,14H2,1-2H3/t15?,18-/m1/s1. The molecule has 0 amide bonds. The number of ether oxygens (including phenoxy) is 1. The Morgan fingerprint density at radius 1 is 1.08 bits per heavy atom. The Morgan fingerprint density at radius 3 is 2.12 bits per heavy atom. The number of hydrogen-bond acceptors (Lipinski definition) is 4. The maximum Gasteiger partial charge on any atom is 0.201 e. The molecule has 0 aliphatic carbocycles. The maximum absolute atomic E-state index is 14.2. The molecule has 0 saturated carbocycles. The second-order valence-electron chi connectivity index (χ2n) is 5.84. The summed E-state index contributed by atoms with van der Waals surface area (Å²) in [6.07, 6.45) is 0. The van der Waals surface area contributed by atoms with Crippen LogP contribution in [0.4, 0.5) is 0 Å². The third-order valence-corrected chi connectivity index (χ3v) is 7.51. The smallest absolute Gasteiger partial charge is 0.201 e. The first-order valence-corrected chi connectivity index (χ1v) is 10.1. The van der Waals surface area contributed by atoms with Crippen molar-refractivity contribution in [3.63, 3.8) is 0 Å². The molecular weight excluding hydrogens is 319 g/mol. The topological polar surface area (TPSA) is 50.7 Å². The summed E-state index contributed by atoms with van der Waals surface area (Å²) in [4.78, 5) is 4.75. The van der Waals surface area contributed by atoms with Crippen molar-refractivity contribution in [2.45, 2.75) is 25.7 Å². The van der Waals surface area contributed by atoms with E-state index in [0.717, 1.165) is 10.6 Å². The van der Waals surface area contributed by atoms with Crippen LogP contribution in [-0.2, 0) is 9.30 Å². The van der Waals surface area contributed by atoms with Crippen molar-refractivity contribution in [3.8, 4) is 0 Å². The molecule has 4 nitrogen and oxygen atoms in total. The van der Waals surface area contributed by atoms with E-state index in [9.17, 15) is 4.57 Å². The van der Waals surface area contributed by atoms with E-state index in [0.29, 0.717) is 19.0 Å². The summed E-state index contributed by atoms with van der Waals surface area (Å²) in [5.41, 5.74) is 0. The van der Waals surface area contributed by atoms with Gasteiger partial charge in [-0.1, -0.05) is 60.7 Å². The predicted molar refractivity (Wildman–Crippen MR) is 100 cm³/mol. The summed E-state index contributed by atoms with van der Waals surface area (Å²) in [6, 6.07) is 19.4. The summed E-state index contributed by atoms with van der Waals surface area (Å²) in [5, 5.41) is 5.05. The van der Waals surface area contributed by atoms with Crippen LogP contribution < -0.4 is 15.9 Å². The van der Waals surface area contributed by atoms with Gasteiger partial charge in [-0.15, -0.1) is 0 Å². The van der Waals surface area contributed by atoms with Gasteiger partial charge in [0.1, 0.15) is 5.78 Å². The Bertz CT molecular complexity index is 703. The number of nitrogens with zero attached hydrogens (tertiary/aromatic N) is 1. The minimum absolute atomic E-state index is 0.0428. The first-order chi connectivity index (χ1) is 11.7. The zero-order valence-electron chi connectivity index (χ0n) is 14.1. The minimum Gasteiger partial charge on any atom is -0.480 e. The van der Waals surface area contributed by atoms with E-state index in [1.54, 1.807) is 0 Å². The van der Waals surface area contributed by atoms with Gasteiger partial charge in [0, 0.05) is 17.2 Å². The fourth-order valence-electron chi connectivity index (χ4n) is 2.99. The van der Waals surface area contributed by atoms with Crippen molar-refractivity contribution in [1.82, 2.24) is 5.32 Å². The van der Waals surface area contributed by atoms with Gasteiger partial charge in [-0.2, -0.15) is 0 Å². The summed E-state index contributed by atoms with van der Waals surface area (Å²) >= 11 is 0. The van der Waals surface area contributed by atoms with Gasteiger partial charge in [0.2, 0.25) is 5.90 Å². The van der Waals surface area contributed by atoms with Crippen molar-refractivity contribution in [2.75, 3.05) is 13.2 Å². The molecule has 0 fully saturated rings. The first kappa shape index (κ1) is 16.9. The number of nitrogens with one attached hydrogen (secondary N) is 1. The molecule has 0 aromatic heterocycles. The van der Waals surface area contributed by atoms with Gasteiger partial charge in [-0.3, -0.25) is 0 Å². The van der Waals surface area contributed by atoms with Crippen molar-refractivity contribution in [2.24, 2.45) is 4.99 Å². The maximum atomic E-state index is 14.2. The highest BCUT2D eigenvalue weighted by Crippen LogP contribution is 2.49. The Balaban J connectivity index is 2.11. The fraction of sp³-hybridized carbons (Fsp3) is 0.316. The van der Waals surface area contributed by atoms with E-state index in [2.05, 4.69) is 5.32 Å². The minimum atomic E-state index is -2.92. The molecule has 126 valence electrons. The third-order valence-electron chi connectivity index (χ3n) is 4.24. The average Bonchev–Trinajstić information content (AvgIpc) is 2.64. The van der Waals surface area contributed by atoms with Crippen LogP contribution in [0.25, 0.3) is 0 Å². The lowest BCUT2D eigenvalue weighted by Crippen LogP contribution is -2.46. The van der Waals surface area contributed by atoms with E-state index in [1.807, 2.05) is 74.5 Å². The Morgan fingerprint density at radius 2 is 1.62 bits per heavy atom. The molecule has 1 N–H and O–H groups in total. The highest BCUT2D eigenvalue weighted by molar-refractivity contribution is 7.79. The lowest BCUT2D eigenvalue weighted by molar-refractivity contribution is 0.297. The molecule has 2 aromatic carbocycles. The summed E-state index contributed by atoms with van der Waals surface area (Å²) in [5.74, 6) is 0.279. The zero-order valence-corrected chi connectivity index (χ0v) is 14.9. The summed E-state index contributed by atoms with van der Waals surface area (Å²) in [7, 11) is -2.92. The van der Waals surface area contributed by atoms with Crippen LogP contribution in [0.15, 0.2) is 65.7 Å². The van der Waals surface area contributed by atoms with Crippen LogP contribution in [0.2, 0.25) is 0 Å². The van der Waals surface area contributed by atoms with Crippen molar-refractivity contribution < 1.29 is 9.30 Å². The van der Waals surface area contributed by atoms with Gasteiger partial charge in [-0.05, 0) is 13.8 Å². The molecule has 2 atom stereocenters. The van der Waals surface area contributed by atoms with E-state index >= 15 is 0 Å². The van der Waals surface area contributed by atoms with Gasteiger partial charge >= 0.3 is 0 Å². The van der Waals surface area contributed by atoms with E-state index in [4.69, 9.17) is 9.73 Å². The Kier molecular flexibility index (Phi) is 5.17. The summed E-state index contributed by atoms with van der Waals surface area (Å²) < 4.78 is 19.9. The molecule has 1 aliphatic heterocycles. The molecule has 0 spiro atoms. The van der Waals surface area contributed by atoms with Crippen LogP contribution in [0.3, 0.4) is 0 Å². The van der Waals surface area contributed by atoms with E-state index in [-0.39, 0.29) is 11.8 Å². The van der Waals surface area contributed by atoms with Crippen LogP contribution in [-0.4, -0.2) is 30.9 Å². The molecule has 0 bridgehead atoms. The van der Waals surface area contributed by atoms with Crippen molar-refractivity contribution in [3.05, 3.63) is 60.7 Å². The molecule has 2 aromatic rings. The molecular formula is C19H23N2O2P.